The second-order valence-electron chi connectivity index (χ2n) is 6.11. The van der Waals surface area contributed by atoms with Crippen LogP contribution in [-0.4, -0.2) is 39.1 Å². The second kappa shape index (κ2) is 7.36. The molecule has 1 aliphatic rings. The first kappa shape index (κ1) is 15.7. The van der Waals surface area contributed by atoms with Gasteiger partial charge < -0.3 is 10.6 Å². The maximum absolute atomic E-state index is 4.72. The number of nitrogens with zero attached hydrogens (tertiary/aromatic N) is 4. The summed E-state index contributed by atoms with van der Waals surface area (Å²) in [5, 5.41) is 6.95. The largest absolute Gasteiger partial charge is 0.367 e. The maximum atomic E-state index is 4.72. The number of anilines is 1. The fourth-order valence-electron chi connectivity index (χ4n) is 2.98. The third-order valence-corrected chi connectivity index (χ3v) is 4.29. The summed E-state index contributed by atoms with van der Waals surface area (Å²) in [5.74, 6) is 1.52. The maximum Gasteiger partial charge on any atom is 0.163 e. The van der Waals surface area contributed by atoms with E-state index in [9.17, 15) is 0 Å². The number of piperidine rings is 1. The van der Waals surface area contributed by atoms with E-state index in [4.69, 9.17) is 9.97 Å². The minimum atomic E-state index is 0.430. The number of pyridine rings is 2. The molecule has 1 aliphatic heterocycles. The lowest BCUT2D eigenvalue weighted by molar-refractivity contribution is 0.478. The normalized spacial score (nSPS) is 15.0. The molecule has 0 amide bonds. The number of rotatable bonds is 4. The van der Waals surface area contributed by atoms with Crippen LogP contribution in [0.3, 0.4) is 0 Å². The van der Waals surface area contributed by atoms with Crippen molar-refractivity contribution in [3.63, 3.8) is 0 Å². The molecule has 1 saturated heterocycles. The van der Waals surface area contributed by atoms with Crippen molar-refractivity contribution in [3.8, 4) is 22.6 Å². The van der Waals surface area contributed by atoms with Gasteiger partial charge in [-0.2, -0.15) is 0 Å². The predicted molar refractivity (Wildman–Crippen MR) is 98.0 cm³/mol. The standard InChI is InChI=1S/C19H20N6/c1-3-14(12-21-7-1)17-11-18(23-16-5-9-20-10-6-16)25-19(24-17)15-4-2-8-22-13-15/h1-4,7-8,11-13,16,20H,5-6,9-10H2,(H,23,24,25). The number of aromatic nitrogens is 4. The molecular formula is C19H20N6. The Morgan fingerprint density at radius 3 is 2.32 bits per heavy atom. The third kappa shape index (κ3) is 3.80. The predicted octanol–water partition coefficient (Wildman–Crippen LogP) is 2.76. The molecule has 0 saturated carbocycles. The molecule has 3 aromatic heterocycles. The van der Waals surface area contributed by atoms with E-state index in [1.54, 1.807) is 18.6 Å². The minimum Gasteiger partial charge on any atom is -0.367 e. The van der Waals surface area contributed by atoms with Gasteiger partial charge in [0.1, 0.15) is 5.82 Å². The van der Waals surface area contributed by atoms with E-state index in [0.29, 0.717) is 11.9 Å². The van der Waals surface area contributed by atoms with Crippen molar-refractivity contribution < 1.29 is 0 Å². The van der Waals surface area contributed by atoms with Gasteiger partial charge in [0.15, 0.2) is 5.82 Å². The molecule has 0 aliphatic carbocycles. The van der Waals surface area contributed by atoms with E-state index in [1.165, 1.54) is 0 Å². The van der Waals surface area contributed by atoms with E-state index in [-0.39, 0.29) is 0 Å². The Hall–Kier alpha value is -2.86. The van der Waals surface area contributed by atoms with Crippen molar-refractivity contribution in [2.75, 3.05) is 18.4 Å². The lowest BCUT2D eigenvalue weighted by Gasteiger charge is -2.24. The number of hydrogen-bond donors (Lipinski definition) is 2. The quantitative estimate of drug-likeness (QED) is 0.765. The SMILES string of the molecule is c1cncc(-c2cc(NC3CCNCC3)nc(-c3cccnc3)n2)c1. The van der Waals surface area contributed by atoms with Crippen LogP contribution in [0, 0.1) is 0 Å². The lowest BCUT2D eigenvalue weighted by Crippen LogP contribution is -2.35. The highest BCUT2D eigenvalue weighted by Gasteiger charge is 2.15. The first-order chi connectivity index (χ1) is 12.4. The van der Waals surface area contributed by atoms with Gasteiger partial charge in [-0.05, 0) is 50.2 Å². The Morgan fingerprint density at radius 1 is 0.920 bits per heavy atom. The zero-order valence-corrected chi connectivity index (χ0v) is 13.9. The lowest BCUT2D eigenvalue weighted by atomic mass is 10.1. The summed E-state index contributed by atoms with van der Waals surface area (Å²) in [6, 6.07) is 10.2. The topological polar surface area (TPSA) is 75.6 Å². The Balaban J connectivity index is 1.72. The van der Waals surface area contributed by atoms with Gasteiger partial charge in [0.05, 0.1) is 5.69 Å². The average Bonchev–Trinajstić information content (AvgIpc) is 2.70. The van der Waals surface area contributed by atoms with E-state index in [1.807, 2.05) is 36.5 Å². The van der Waals surface area contributed by atoms with Crippen LogP contribution in [0.4, 0.5) is 5.82 Å². The van der Waals surface area contributed by atoms with Crippen molar-refractivity contribution in [2.45, 2.75) is 18.9 Å². The van der Waals surface area contributed by atoms with Crippen LogP contribution in [0.1, 0.15) is 12.8 Å². The van der Waals surface area contributed by atoms with E-state index in [0.717, 1.165) is 48.6 Å². The number of nitrogens with one attached hydrogen (secondary N) is 2. The summed E-state index contributed by atoms with van der Waals surface area (Å²) in [7, 11) is 0. The molecule has 0 spiro atoms. The fourth-order valence-corrected chi connectivity index (χ4v) is 2.98. The summed E-state index contributed by atoms with van der Waals surface area (Å²) in [6.07, 6.45) is 9.31. The van der Waals surface area contributed by atoms with Gasteiger partial charge in [-0.25, -0.2) is 9.97 Å². The smallest absolute Gasteiger partial charge is 0.163 e. The Labute approximate surface area is 146 Å². The summed E-state index contributed by atoms with van der Waals surface area (Å²) in [4.78, 5) is 17.8. The molecule has 4 heterocycles. The minimum absolute atomic E-state index is 0.430. The highest BCUT2D eigenvalue weighted by molar-refractivity contribution is 5.66. The highest BCUT2D eigenvalue weighted by Crippen LogP contribution is 2.24. The second-order valence-corrected chi connectivity index (χ2v) is 6.11. The van der Waals surface area contributed by atoms with Gasteiger partial charge in [0.25, 0.3) is 0 Å². The summed E-state index contributed by atoms with van der Waals surface area (Å²) in [6.45, 7) is 2.07. The van der Waals surface area contributed by atoms with Gasteiger partial charge in [-0.3, -0.25) is 9.97 Å². The van der Waals surface area contributed by atoms with Crippen molar-refractivity contribution in [1.82, 2.24) is 25.3 Å². The van der Waals surface area contributed by atoms with Crippen LogP contribution in [0.5, 0.6) is 0 Å². The average molecular weight is 332 g/mol. The van der Waals surface area contributed by atoms with Crippen molar-refractivity contribution >= 4 is 5.82 Å². The molecule has 0 unspecified atom stereocenters. The summed E-state index contributed by atoms with van der Waals surface area (Å²) >= 11 is 0. The molecule has 6 nitrogen and oxygen atoms in total. The number of hydrogen-bond acceptors (Lipinski definition) is 6. The van der Waals surface area contributed by atoms with Gasteiger partial charge in [0.2, 0.25) is 0 Å². The molecule has 0 aromatic carbocycles. The first-order valence-corrected chi connectivity index (χ1v) is 8.55. The van der Waals surface area contributed by atoms with Crippen molar-refractivity contribution in [2.24, 2.45) is 0 Å². The molecular weight excluding hydrogens is 312 g/mol. The van der Waals surface area contributed by atoms with Crippen LogP contribution >= 0.6 is 0 Å². The zero-order chi connectivity index (χ0) is 16.9. The molecule has 126 valence electrons. The monoisotopic (exact) mass is 332 g/mol. The first-order valence-electron chi connectivity index (χ1n) is 8.55. The summed E-state index contributed by atoms with van der Waals surface area (Å²) < 4.78 is 0. The summed E-state index contributed by atoms with van der Waals surface area (Å²) in [5.41, 5.74) is 2.74. The van der Waals surface area contributed by atoms with Gasteiger partial charge in [-0.15, -0.1) is 0 Å². The van der Waals surface area contributed by atoms with Gasteiger partial charge in [0, 0.05) is 48.0 Å². The van der Waals surface area contributed by atoms with E-state index >= 15 is 0 Å². The van der Waals surface area contributed by atoms with Gasteiger partial charge in [-0.1, -0.05) is 0 Å². The molecule has 2 N–H and O–H groups in total. The molecule has 0 atom stereocenters. The van der Waals surface area contributed by atoms with Crippen molar-refractivity contribution in [3.05, 3.63) is 55.1 Å². The molecule has 4 rings (SSSR count). The Kier molecular flexibility index (Phi) is 4.61. The van der Waals surface area contributed by atoms with Crippen LogP contribution in [0.2, 0.25) is 0 Å². The van der Waals surface area contributed by atoms with E-state index < -0.39 is 0 Å². The molecule has 6 heteroatoms. The fraction of sp³-hybridized carbons (Fsp3) is 0.263. The van der Waals surface area contributed by atoms with Crippen LogP contribution in [0.25, 0.3) is 22.6 Å². The molecule has 0 bridgehead atoms. The third-order valence-electron chi connectivity index (χ3n) is 4.29. The molecule has 0 radical (unpaired) electrons. The zero-order valence-electron chi connectivity index (χ0n) is 13.9. The van der Waals surface area contributed by atoms with E-state index in [2.05, 4.69) is 20.6 Å². The Morgan fingerprint density at radius 2 is 1.64 bits per heavy atom. The van der Waals surface area contributed by atoms with Crippen molar-refractivity contribution in [1.29, 1.82) is 0 Å². The van der Waals surface area contributed by atoms with Crippen LogP contribution in [0.15, 0.2) is 55.1 Å². The van der Waals surface area contributed by atoms with Crippen LogP contribution < -0.4 is 10.6 Å². The van der Waals surface area contributed by atoms with Crippen LogP contribution in [-0.2, 0) is 0 Å². The molecule has 25 heavy (non-hydrogen) atoms. The highest BCUT2D eigenvalue weighted by atomic mass is 15.1. The van der Waals surface area contributed by atoms with Gasteiger partial charge >= 0.3 is 0 Å². The molecule has 1 fully saturated rings. The molecule has 3 aromatic rings. The Bertz CT molecular complexity index is 758.